The molecule has 0 saturated heterocycles. The van der Waals surface area contributed by atoms with Crippen LogP contribution in [0.15, 0.2) is 59.3 Å². The highest BCUT2D eigenvalue weighted by atomic mass is 79.9. The summed E-state index contributed by atoms with van der Waals surface area (Å²) >= 11 is 3.55. The van der Waals surface area contributed by atoms with Gasteiger partial charge in [0.2, 0.25) is 11.9 Å². The molecule has 0 aliphatic heterocycles. The van der Waals surface area contributed by atoms with Crippen LogP contribution in [0.5, 0.6) is 0 Å². The Kier molecular flexibility index (Phi) is 7.85. The molecule has 0 radical (unpaired) electrons. The third-order valence-electron chi connectivity index (χ3n) is 5.63. The first-order valence-corrected chi connectivity index (χ1v) is 12.1. The Morgan fingerprint density at radius 2 is 1.82 bits per heavy atom. The number of nitrogens with zero attached hydrogens (tertiary/aromatic N) is 5. The maximum atomic E-state index is 4.72. The summed E-state index contributed by atoms with van der Waals surface area (Å²) in [7, 11) is 1.50. The Hall–Kier alpha value is -3.04. The smallest absolute Gasteiger partial charge is 0.229 e. The van der Waals surface area contributed by atoms with Crippen LogP contribution in [-0.2, 0) is 6.54 Å². The first-order valence-electron chi connectivity index (χ1n) is 11.3. The van der Waals surface area contributed by atoms with Crippen LogP contribution >= 0.6 is 15.9 Å². The van der Waals surface area contributed by atoms with E-state index >= 15 is 0 Å². The van der Waals surface area contributed by atoms with Crippen LogP contribution in [-0.4, -0.2) is 37.7 Å². The van der Waals surface area contributed by atoms with E-state index < -0.39 is 0 Å². The molecule has 0 amide bonds. The lowest BCUT2D eigenvalue weighted by Gasteiger charge is -2.23. The monoisotopic (exact) mass is 508 g/mol. The quantitative estimate of drug-likeness (QED) is 0.340. The van der Waals surface area contributed by atoms with Gasteiger partial charge in [0.05, 0.1) is 16.4 Å². The van der Waals surface area contributed by atoms with Crippen LogP contribution in [0.2, 0.25) is 0 Å². The molecule has 33 heavy (non-hydrogen) atoms. The summed E-state index contributed by atoms with van der Waals surface area (Å²) in [6.07, 6.45) is 9.73. The number of hydrogen-bond donors (Lipinski definition) is 3. The van der Waals surface area contributed by atoms with Gasteiger partial charge in [0.25, 0.3) is 0 Å². The van der Waals surface area contributed by atoms with Crippen LogP contribution in [0.1, 0.15) is 37.7 Å². The van der Waals surface area contributed by atoms with Gasteiger partial charge in [-0.25, -0.2) is 0 Å². The van der Waals surface area contributed by atoms with Gasteiger partial charge in [-0.15, -0.1) is 0 Å². The average Bonchev–Trinajstić information content (AvgIpc) is 3.26. The van der Waals surface area contributed by atoms with Crippen molar-refractivity contribution in [1.29, 1.82) is 0 Å². The maximum absolute atomic E-state index is 4.72. The van der Waals surface area contributed by atoms with Gasteiger partial charge in [-0.1, -0.05) is 49.6 Å². The van der Waals surface area contributed by atoms with Gasteiger partial charge in [0.15, 0.2) is 5.65 Å². The minimum atomic E-state index is 0.435. The SMILES string of the molecule is Brc1cnn2c(NCc3ccc(-c4ccccn4)cc3)nc(NC3CCCCC3)nc12.CN. The molecule has 1 aliphatic rings. The van der Waals surface area contributed by atoms with Crippen molar-refractivity contribution in [2.24, 2.45) is 5.73 Å². The van der Waals surface area contributed by atoms with Crippen molar-refractivity contribution >= 4 is 33.5 Å². The minimum absolute atomic E-state index is 0.435. The molecule has 0 bridgehead atoms. The van der Waals surface area contributed by atoms with Gasteiger partial charge in [0, 0.05) is 24.3 Å². The third-order valence-corrected chi connectivity index (χ3v) is 6.19. The van der Waals surface area contributed by atoms with Crippen molar-refractivity contribution in [1.82, 2.24) is 24.6 Å². The normalized spacial score (nSPS) is 13.9. The number of aromatic nitrogens is 5. The number of halogens is 1. The van der Waals surface area contributed by atoms with E-state index in [0.717, 1.165) is 26.9 Å². The van der Waals surface area contributed by atoms with Crippen molar-refractivity contribution in [3.05, 3.63) is 64.9 Å². The molecule has 1 aliphatic carbocycles. The molecule has 1 fully saturated rings. The molecule has 0 unspecified atom stereocenters. The number of benzene rings is 1. The van der Waals surface area contributed by atoms with Crippen LogP contribution in [0.25, 0.3) is 16.9 Å². The Balaban J connectivity index is 0.00000126. The summed E-state index contributed by atoms with van der Waals surface area (Å²) in [5.74, 6) is 1.32. The fourth-order valence-corrected chi connectivity index (χ4v) is 4.32. The Morgan fingerprint density at radius 1 is 1.03 bits per heavy atom. The van der Waals surface area contributed by atoms with E-state index in [1.165, 1.54) is 39.2 Å². The molecule has 0 spiro atoms. The lowest BCUT2D eigenvalue weighted by atomic mass is 9.96. The molecule has 4 N–H and O–H groups in total. The molecule has 172 valence electrons. The molecule has 5 rings (SSSR count). The van der Waals surface area contributed by atoms with Crippen LogP contribution in [0.3, 0.4) is 0 Å². The van der Waals surface area contributed by atoms with Gasteiger partial charge in [-0.2, -0.15) is 19.6 Å². The molecule has 1 aromatic carbocycles. The standard InChI is InChI=1S/C23H24BrN7.CH5N/c24-19-15-27-31-21(19)29-22(28-18-6-2-1-3-7-18)30-23(31)26-14-16-9-11-17(12-10-16)20-8-4-5-13-25-20;1-2/h4-5,8-13,15,18H,1-3,6-7,14H2,(H2,26,28,29,30);2H2,1H3. The number of nitrogens with one attached hydrogen (secondary N) is 2. The largest absolute Gasteiger partial charge is 0.351 e. The maximum Gasteiger partial charge on any atom is 0.229 e. The van der Waals surface area contributed by atoms with Crippen LogP contribution in [0.4, 0.5) is 11.9 Å². The summed E-state index contributed by atoms with van der Waals surface area (Å²) in [4.78, 5) is 13.8. The highest BCUT2D eigenvalue weighted by molar-refractivity contribution is 9.10. The van der Waals surface area contributed by atoms with E-state index in [4.69, 9.17) is 4.98 Å². The fourth-order valence-electron chi connectivity index (χ4n) is 3.97. The zero-order valence-electron chi connectivity index (χ0n) is 18.7. The molecule has 4 aromatic rings. The first-order chi connectivity index (χ1) is 16.3. The topological polar surface area (TPSA) is 106 Å². The minimum Gasteiger partial charge on any atom is -0.351 e. The highest BCUT2D eigenvalue weighted by Crippen LogP contribution is 2.24. The van der Waals surface area contributed by atoms with Gasteiger partial charge in [-0.3, -0.25) is 4.98 Å². The summed E-state index contributed by atoms with van der Waals surface area (Å²) in [5.41, 5.74) is 8.48. The summed E-state index contributed by atoms with van der Waals surface area (Å²) in [5, 5.41) is 11.4. The highest BCUT2D eigenvalue weighted by Gasteiger charge is 2.17. The van der Waals surface area contributed by atoms with Crippen molar-refractivity contribution in [2.45, 2.75) is 44.7 Å². The molecule has 3 aromatic heterocycles. The summed E-state index contributed by atoms with van der Waals surface area (Å²) < 4.78 is 2.59. The van der Waals surface area contributed by atoms with E-state index in [1.54, 1.807) is 10.7 Å². The lowest BCUT2D eigenvalue weighted by molar-refractivity contribution is 0.461. The fraction of sp³-hybridized carbons (Fsp3) is 0.333. The zero-order valence-corrected chi connectivity index (χ0v) is 20.3. The molecule has 9 heteroatoms. The second kappa shape index (κ2) is 11.2. The van der Waals surface area contributed by atoms with E-state index in [0.29, 0.717) is 24.5 Å². The first kappa shape index (κ1) is 23.1. The average molecular weight is 509 g/mol. The van der Waals surface area contributed by atoms with E-state index in [2.05, 4.69) is 71.6 Å². The molecule has 1 saturated carbocycles. The second-order valence-electron chi connectivity index (χ2n) is 7.84. The van der Waals surface area contributed by atoms with Gasteiger partial charge in [0.1, 0.15) is 0 Å². The zero-order chi connectivity index (χ0) is 23.0. The molecular weight excluding hydrogens is 480 g/mol. The second-order valence-corrected chi connectivity index (χ2v) is 8.70. The van der Waals surface area contributed by atoms with Crippen LogP contribution < -0.4 is 16.4 Å². The molecule has 3 heterocycles. The molecule has 8 nitrogen and oxygen atoms in total. The Labute approximate surface area is 202 Å². The molecule has 0 atom stereocenters. The number of hydrogen-bond acceptors (Lipinski definition) is 7. The van der Waals surface area contributed by atoms with Crippen molar-refractivity contribution in [3.8, 4) is 11.3 Å². The number of fused-ring (bicyclic) bond motifs is 1. The Morgan fingerprint density at radius 3 is 2.55 bits per heavy atom. The molecular formula is C24H29BrN8. The van der Waals surface area contributed by atoms with E-state index in [-0.39, 0.29) is 0 Å². The van der Waals surface area contributed by atoms with Crippen molar-refractivity contribution in [3.63, 3.8) is 0 Å². The van der Waals surface area contributed by atoms with Crippen LogP contribution in [0, 0.1) is 0 Å². The third kappa shape index (κ3) is 5.66. The number of nitrogens with two attached hydrogens (primary N) is 1. The number of pyridine rings is 1. The van der Waals surface area contributed by atoms with Gasteiger partial charge in [-0.05, 0) is 53.5 Å². The van der Waals surface area contributed by atoms with Crippen molar-refractivity contribution in [2.75, 3.05) is 17.7 Å². The summed E-state index contributed by atoms with van der Waals surface area (Å²) in [6, 6.07) is 14.8. The predicted octanol–water partition coefficient (Wildman–Crippen LogP) is 4.88. The van der Waals surface area contributed by atoms with E-state index in [1.807, 2.05) is 24.4 Å². The van der Waals surface area contributed by atoms with E-state index in [9.17, 15) is 0 Å². The van der Waals surface area contributed by atoms with Gasteiger partial charge < -0.3 is 16.4 Å². The van der Waals surface area contributed by atoms with Crippen molar-refractivity contribution < 1.29 is 0 Å². The number of rotatable bonds is 6. The Bertz CT molecular complexity index is 1150. The summed E-state index contributed by atoms with van der Waals surface area (Å²) in [6.45, 7) is 0.634. The lowest BCUT2D eigenvalue weighted by Crippen LogP contribution is -2.24. The predicted molar refractivity (Wildman–Crippen MR) is 136 cm³/mol. The number of anilines is 2. The van der Waals surface area contributed by atoms with Gasteiger partial charge >= 0.3 is 0 Å².